The summed E-state index contributed by atoms with van der Waals surface area (Å²) in [5, 5.41) is 0. The van der Waals surface area contributed by atoms with Crippen LogP contribution < -0.4 is 0 Å². The Morgan fingerprint density at radius 2 is 1.29 bits per heavy atom. The van der Waals surface area contributed by atoms with Crippen molar-refractivity contribution in [2.75, 3.05) is 11.5 Å². The van der Waals surface area contributed by atoms with Gasteiger partial charge in [-0.1, -0.05) is 6.92 Å². The second kappa shape index (κ2) is 4.05. The van der Waals surface area contributed by atoms with E-state index in [0.717, 1.165) is 6.92 Å². The van der Waals surface area contributed by atoms with Crippen molar-refractivity contribution in [3.8, 4) is 0 Å². The third-order valence-corrected chi connectivity index (χ3v) is 3.22. The molecule has 0 aliphatic carbocycles. The molecule has 4 nitrogen and oxygen atoms in total. The molecule has 0 spiro atoms. The van der Waals surface area contributed by atoms with Gasteiger partial charge < -0.3 is 0 Å². The molecule has 0 amide bonds. The second-order valence-corrected chi connectivity index (χ2v) is 5.60. The Labute approximate surface area is 80.5 Å². The van der Waals surface area contributed by atoms with Gasteiger partial charge in [0, 0.05) is 0 Å². The topological polar surface area (TPSA) is 68.3 Å². The average Bonchev–Trinajstić information content (AvgIpc) is 1.78. The van der Waals surface area contributed by atoms with Gasteiger partial charge in [0.25, 0.3) is 0 Å². The Bertz CT molecular complexity index is 351. The molecule has 0 aromatic carbocycles. The van der Waals surface area contributed by atoms with Crippen LogP contribution in [0.15, 0.2) is 0 Å². The lowest BCUT2D eigenvalue weighted by molar-refractivity contribution is 0.213. The first-order valence-corrected chi connectivity index (χ1v) is 6.61. The molecule has 14 heavy (non-hydrogen) atoms. The van der Waals surface area contributed by atoms with Crippen LogP contribution in [0.5, 0.6) is 0 Å². The van der Waals surface area contributed by atoms with E-state index in [1.807, 2.05) is 0 Å². The third kappa shape index (κ3) is 6.19. The van der Waals surface area contributed by atoms with Gasteiger partial charge in [-0.2, -0.15) is 16.8 Å². The van der Waals surface area contributed by atoms with Crippen LogP contribution in [-0.4, -0.2) is 34.0 Å². The van der Waals surface area contributed by atoms with Crippen molar-refractivity contribution in [1.82, 2.24) is 0 Å². The Kier molecular flexibility index (Phi) is 3.96. The zero-order valence-corrected chi connectivity index (χ0v) is 8.84. The highest BCUT2D eigenvalue weighted by atomic mass is 32.3. The fourth-order valence-corrected chi connectivity index (χ4v) is 2.84. The molecule has 0 radical (unpaired) electrons. The van der Waals surface area contributed by atoms with E-state index < -0.39 is 44.0 Å². The summed E-state index contributed by atoms with van der Waals surface area (Å²) in [6.45, 7) is 1.09. The first-order chi connectivity index (χ1) is 5.97. The molecule has 0 bridgehead atoms. The summed E-state index contributed by atoms with van der Waals surface area (Å²) in [6, 6.07) is 0. The molecule has 0 saturated carbocycles. The summed E-state index contributed by atoms with van der Waals surface area (Å²) in [6.07, 6.45) is -0.612. The zero-order chi connectivity index (χ0) is 11.6. The summed E-state index contributed by atoms with van der Waals surface area (Å²) in [4.78, 5) is 0. The summed E-state index contributed by atoms with van der Waals surface area (Å²) < 4.78 is 77.7. The summed E-state index contributed by atoms with van der Waals surface area (Å²) >= 11 is 0. The molecule has 0 N–H and O–H groups in total. The molecule has 0 aliphatic heterocycles. The lowest BCUT2D eigenvalue weighted by Crippen LogP contribution is -2.37. The highest BCUT2D eigenvalue weighted by molar-refractivity contribution is 7.87. The monoisotopic (exact) mass is 254 g/mol. The minimum Gasteiger partial charge on any atom is -0.241 e. The quantitative estimate of drug-likeness (QED) is 0.677. The molecule has 9 heteroatoms. The fraction of sp³-hybridized carbons (Fsp3) is 1.00. The number of hydrogen-bond donors (Lipinski definition) is 0. The largest absolute Gasteiger partial charge is 0.305 e. The molecule has 0 saturated heterocycles. The predicted octanol–water partition coefficient (Wildman–Crippen LogP) is 0.703. The van der Waals surface area contributed by atoms with Gasteiger partial charge in [-0.25, -0.2) is 4.39 Å². The van der Waals surface area contributed by atoms with Crippen LogP contribution in [-0.2, 0) is 20.4 Å². The van der Waals surface area contributed by atoms with Gasteiger partial charge >= 0.3 is 20.4 Å². The fourth-order valence-electron chi connectivity index (χ4n) is 0.864. The number of alkyl halides is 1. The number of rotatable bonds is 5. The van der Waals surface area contributed by atoms with E-state index >= 15 is 0 Å². The smallest absolute Gasteiger partial charge is 0.241 e. The standard InChI is InChI=1S/C5H9F3O4S2/c1-2-5(6,3-13(7,9)10)4-14(8,11)12/h2-4H2,1H3. The summed E-state index contributed by atoms with van der Waals surface area (Å²) in [5.41, 5.74) is -2.92. The molecule has 0 fully saturated rings. The first kappa shape index (κ1) is 13.7. The van der Waals surface area contributed by atoms with Crippen LogP contribution in [0.25, 0.3) is 0 Å². The van der Waals surface area contributed by atoms with Gasteiger partial charge in [-0.05, 0) is 6.42 Å². The summed E-state index contributed by atoms with van der Waals surface area (Å²) in [5.74, 6) is -3.31. The third-order valence-electron chi connectivity index (χ3n) is 1.50. The Balaban J connectivity index is 4.84. The minimum absolute atomic E-state index is 0.612. The van der Waals surface area contributed by atoms with Gasteiger partial charge in [0.2, 0.25) is 0 Å². The lowest BCUT2D eigenvalue weighted by atomic mass is 10.1. The minimum atomic E-state index is -5.17. The molecule has 86 valence electrons. The second-order valence-electron chi connectivity index (χ2n) is 2.87. The Morgan fingerprint density at radius 1 is 1.00 bits per heavy atom. The van der Waals surface area contributed by atoms with Crippen LogP contribution in [0.4, 0.5) is 12.2 Å². The van der Waals surface area contributed by atoms with Gasteiger partial charge in [0.15, 0.2) is 0 Å². The zero-order valence-electron chi connectivity index (χ0n) is 7.20. The van der Waals surface area contributed by atoms with Gasteiger partial charge in [-0.15, -0.1) is 7.77 Å². The van der Waals surface area contributed by atoms with E-state index in [9.17, 15) is 29.0 Å². The number of halogens is 3. The molecule has 0 heterocycles. The Morgan fingerprint density at radius 3 is 1.43 bits per heavy atom. The van der Waals surface area contributed by atoms with Crippen LogP contribution in [0, 0.1) is 0 Å². The van der Waals surface area contributed by atoms with Crippen molar-refractivity contribution in [3.05, 3.63) is 0 Å². The maximum Gasteiger partial charge on any atom is 0.305 e. The summed E-state index contributed by atoms with van der Waals surface area (Å²) in [7, 11) is -10.3. The van der Waals surface area contributed by atoms with Crippen LogP contribution in [0.3, 0.4) is 0 Å². The maximum atomic E-state index is 13.3. The average molecular weight is 254 g/mol. The van der Waals surface area contributed by atoms with Crippen LogP contribution in [0.1, 0.15) is 13.3 Å². The van der Waals surface area contributed by atoms with Gasteiger partial charge in [0.05, 0.1) is 0 Å². The van der Waals surface area contributed by atoms with Crippen molar-refractivity contribution in [3.63, 3.8) is 0 Å². The molecular weight excluding hydrogens is 245 g/mol. The van der Waals surface area contributed by atoms with Crippen LogP contribution >= 0.6 is 0 Å². The van der Waals surface area contributed by atoms with Crippen molar-refractivity contribution < 1.29 is 29.0 Å². The van der Waals surface area contributed by atoms with E-state index in [2.05, 4.69) is 0 Å². The van der Waals surface area contributed by atoms with E-state index in [0.29, 0.717) is 0 Å². The molecule has 0 aromatic heterocycles. The van der Waals surface area contributed by atoms with Gasteiger partial charge in [-0.3, -0.25) is 0 Å². The van der Waals surface area contributed by atoms with E-state index in [4.69, 9.17) is 0 Å². The number of hydrogen-bond acceptors (Lipinski definition) is 4. The van der Waals surface area contributed by atoms with Crippen molar-refractivity contribution in [2.45, 2.75) is 19.0 Å². The van der Waals surface area contributed by atoms with Crippen LogP contribution in [0.2, 0.25) is 0 Å². The molecule has 0 unspecified atom stereocenters. The van der Waals surface area contributed by atoms with Crippen molar-refractivity contribution in [1.29, 1.82) is 0 Å². The Hall–Kier alpha value is -0.310. The van der Waals surface area contributed by atoms with Gasteiger partial charge in [0.1, 0.15) is 17.2 Å². The van der Waals surface area contributed by atoms with Crippen molar-refractivity contribution in [2.24, 2.45) is 0 Å². The van der Waals surface area contributed by atoms with E-state index in [-0.39, 0.29) is 0 Å². The molecular formula is C5H9F3O4S2. The van der Waals surface area contributed by atoms with Crippen molar-refractivity contribution >= 4 is 20.4 Å². The SMILES string of the molecule is CCC(F)(CS(=O)(=O)F)CS(=O)(=O)F. The molecule has 0 rings (SSSR count). The maximum absolute atomic E-state index is 13.3. The first-order valence-electron chi connectivity index (χ1n) is 3.51. The molecule has 0 aliphatic rings. The highest BCUT2D eigenvalue weighted by Gasteiger charge is 2.38. The van der Waals surface area contributed by atoms with E-state index in [1.54, 1.807) is 0 Å². The normalized spacial score (nSPS) is 14.3. The molecule has 0 aromatic rings. The lowest BCUT2D eigenvalue weighted by Gasteiger charge is -2.18. The highest BCUT2D eigenvalue weighted by Crippen LogP contribution is 2.22. The molecule has 0 atom stereocenters. The predicted molar refractivity (Wildman–Crippen MR) is 43.9 cm³/mol. The van der Waals surface area contributed by atoms with E-state index in [1.165, 1.54) is 0 Å².